The predicted molar refractivity (Wildman–Crippen MR) is 58.0 cm³/mol. The van der Waals surface area contributed by atoms with Gasteiger partial charge in [-0.3, -0.25) is 0 Å². The van der Waals surface area contributed by atoms with Gasteiger partial charge < -0.3 is 5.32 Å². The normalized spacial score (nSPS) is 13.0. The van der Waals surface area contributed by atoms with Gasteiger partial charge in [0.1, 0.15) is 6.04 Å². The summed E-state index contributed by atoms with van der Waals surface area (Å²) in [5.74, 6) is 0. The molecular formula is C10H8BrF3N2. The number of hydrogen-bond acceptors (Lipinski definition) is 2. The molecule has 0 saturated heterocycles. The van der Waals surface area contributed by atoms with Crippen LogP contribution in [0.2, 0.25) is 0 Å². The van der Waals surface area contributed by atoms with E-state index in [2.05, 4.69) is 21.2 Å². The highest BCUT2D eigenvalue weighted by atomic mass is 79.9. The first-order chi connectivity index (χ1) is 7.34. The van der Waals surface area contributed by atoms with Crippen LogP contribution in [0.5, 0.6) is 0 Å². The average molecular weight is 293 g/mol. The van der Waals surface area contributed by atoms with Crippen molar-refractivity contribution in [1.29, 1.82) is 5.26 Å². The van der Waals surface area contributed by atoms with Gasteiger partial charge in [-0.25, -0.2) is 0 Å². The van der Waals surface area contributed by atoms with Crippen molar-refractivity contribution in [2.24, 2.45) is 0 Å². The van der Waals surface area contributed by atoms with E-state index < -0.39 is 12.2 Å². The van der Waals surface area contributed by atoms with Crippen LogP contribution in [0.4, 0.5) is 18.9 Å². The lowest BCUT2D eigenvalue weighted by molar-refractivity contribution is -0.138. The van der Waals surface area contributed by atoms with Crippen LogP contribution < -0.4 is 5.32 Å². The average Bonchev–Trinajstić information content (AvgIpc) is 2.19. The molecule has 1 N–H and O–H groups in total. The second-order valence-corrected chi connectivity index (χ2v) is 4.07. The van der Waals surface area contributed by atoms with Crippen molar-refractivity contribution in [3.63, 3.8) is 0 Å². The van der Waals surface area contributed by atoms with Crippen LogP contribution >= 0.6 is 15.9 Å². The van der Waals surface area contributed by atoms with Crippen LogP contribution in [-0.2, 0) is 0 Å². The summed E-state index contributed by atoms with van der Waals surface area (Å²) in [6, 6.07) is 4.62. The highest BCUT2D eigenvalue weighted by molar-refractivity contribution is 9.10. The molecule has 2 nitrogen and oxygen atoms in total. The van der Waals surface area contributed by atoms with E-state index in [9.17, 15) is 13.2 Å². The highest BCUT2D eigenvalue weighted by Crippen LogP contribution is 2.28. The standard InChI is InChI=1S/C10H8BrF3N2/c1-6(10(12,13)14)16-9-4-7(5-15)2-3-8(9)11/h2-4,6,16H,1H3. The predicted octanol–water partition coefficient (Wildman–Crippen LogP) is 3.68. The Balaban J connectivity index is 2.93. The van der Waals surface area contributed by atoms with E-state index in [1.54, 1.807) is 0 Å². The van der Waals surface area contributed by atoms with Crippen LogP contribution in [-0.4, -0.2) is 12.2 Å². The number of nitriles is 1. The van der Waals surface area contributed by atoms with Crippen LogP contribution in [0.3, 0.4) is 0 Å². The van der Waals surface area contributed by atoms with Gasteiger partial charge in [0.05, 0.1) is 17.3 Å². The first-order valence-electron chi connectivity index (χ1n) is 4.37. The van der Waals surface area contributed by atoms with E-state index in [-0.39, 0.29) is 5.69 Å². The molecule has 6 heteroatoms. The van der Waals surface area contributed by atoms with Crippen LogP contribution in [0.15, 0.2) is 22.7 Å². The van der Waals surface area contributed by atoms with Crippen LogP contribution in [0.1, 0.15) is 12.5 Å². The fourth-order valence-corrected chi connectivity index (χ4v) is 1.38. The molecule has 0 fully saturated rings. The summed E-state index contributed by atoms with van der Waals surface area (Å²) in [6.07, 6.45) is -4.32. The van der Waals surface area contributed by atoms with Crippen LogP contribution in [0, 0.1) is 11.3 Å². The van der Waals surface area contributed by atoms with Gasteiger partial charge >= 0.3 is 6.18 Å². The van der Waals surface area contributed by atoms with Crippen molar-refractivity contribution in [2.45, 2.75) is 19.1 Å². The Labute approximate surface area is 99.2 Å². The molecule has 0 aliphatic heterocycles. The monoisotopic (exact) mass is 292 g/mol. The largest absolute Gasteiger partial charge is 0.408 e. The van der Waals surface area contributed by atoms with Crippen LogP contribution in [0.25, 0.3) is 0 Å². The lowest BCUT2D eigenvalue weighted by atomic mass is 10.2. The summed E-state index contributed by atoms with van der Waals surface area (Å²) in [7, 11) is 0. The van der Waals surface area contributed by atoms with Gasteiger partial charge in [0.15, 0.2) is 0 Å². The SMILES string of the molecule is CC(Nc1cc(C#N)ccc1Br)C(F)(F)F. The smallest absolute Gasteiger partial charge is 0.373 e. The lowest BCUT2D eigenvalue weighted by Crippen LogP contribution is -2.33. The number of rotatable bonds is 2. The third-order valence-corrected chi connectivity index (χ3v) is 2.65. The molecule has 0 aliphatic rings. The Morgan fingerprint density at radius 3 is 2.56 bits per heavy atom. The van der Waals surface area contributed by atoms with Crippen molar-refractivity contribution in [3.8, 4) is 6.07 Å². The first-order valence-corrected chi connectivity index (χ1v) is 5.17. The molecule has 0 amide bonds. The van der Waals surface area contributed by atoms with E-state index in [0.717, 1.165) is 6.92 Å². The molecule has 1 aromatic carbocycles. The maximum Gasteiger partial charge on any atom is 0.408 e. The van der Waals surface area contributed by atoms with Crippen molar-refractivity contribution < 1.29 is 13.2 Å². The molecule has 0 radical (unpaired) electrons. The molecule has 0 bridgehead atoms. The molecular weight excluding hydrogens is 285 g/mol. The topological polar surface area (TPSA) is 35.8 Å². The number of halogens is 4. The van der Waals surface area contributed by atoms with Gasteiger partial charge in [0.2, 0.25) is 0 Å². The minimum Gasteiger partial charge on any atom is -0.373 e. The summed E-state index contributed by atoms with van der Waals surface area (Å²) < 4.78 is 37.4. The molecule has 1 aromatic rings. The molecule has 1 atom stereocenters. The second kappa shape index (κ2) is 4.74. The molecule has 86 valence electrons. The van der Waals surface area contributed by atoms with Gasteiger partial charge in [0, 0.05) is 4.47 Å². The summed E-state index contributed by atoms with van der Waals surface area (Å²) in [5.41, 5.74) is 0.559. The Bertz CT molecular complexity index is 423. The summed E-state index contributed by atoms with van der Waals surface area (Å²) in [5, 5.41) is 10.9. The molecule has 0 aliphatic carbocycles. The number of hydrogen-bond donors (Lipinski definition) is 1. The zero-order valence-corrected chi connectivity index (χ0v) is 9.85. The molecule has 1 unspecified atom stereocenters. The summed E-state index contributed by atoms with van der Waals surface area (Å²) in [4.78, 5) is 0. The zero-order valence-electron chi connectivity index (χ0n) is 8.27. The Morgan fingerprint density at radius 1 is 1.44 bits per heavy atom. The van der Waals surface area contributed by atoms with E-state index in [0.29, 0.717) is 10.0 Å². The number of nitrogens with one attached hydrogen (secondary N) is 1. The fraction of sp³-hybridized carbons (Fsp3) is 0.300. The molecule has 16 heavy (non-hydrogen) atoms. The number of nitrogens with zero attached hydrogens (tertiary/aromatic N) is 1. The third-order valence-electron chi connectivity index (χ3n) is 1.96. The zero-order chi connectivity index (χ0) is 12.3. The Kier molecular flexibility index (Phi) is 3.81. The second-order valence-electron chi connectivity index (χ2n) is 3.21. The molecule has 0 saturated carbocycles. The summed E-state index contributed by atoms with van der Waals surface area (Å²) >= 11 is 3.12. The van der Waals surface area contributed by atoms with E-state index in [1.165, 1.54) is 18.2 Å². The Hall–Kier alpha value is -1.22. The minimum atomic E-state index is -4.32. The maximum absolute atomic E-state index is 12.3. The molecule has 0 aromatic heterocycles. The quantitative estimate of drug-likeness (QED) is 0.902. The van der Waals surface area contributed by atoms with E-state index in [1.807, 2.05) is 6.07 Å². The maximum atomic E-state index is 12.3. The van der Waals surface area contributed by atoms with Crippen molar-refractivity contribution in [2.75, 3.05) is 5.32 Å². The van der Waals surface area contributed by atoms with Gasteiger partial charge in [-0.15, -0.1) is 0 Å². The van der Waals surface area contributed by atoms with Gasteiger partial charge in [-0.2, -0.15) is 18.4 Å². The van der Waals surface area contributed by atoms with Crippen molar-refractivity contribution in [1.82, 2.24) is 0 Å². The number of anilines is 1. The van der Waals surface area contributed by atoms with Gasteiger partial charge in [-0.05, 0) is 41.1 Å². The molecule has 0 spiro atoms. The van der Waals surface area contributed by atoms with Crippen molar-refractivity contribution >= 4 is 21.6 Å². The highest BCUT2D eigenvalue weighted by Gasteiger charge is 2.36. The molecule has 1 rings (SSSR count). The fourth-order valence-electron chi connectivity index (χ4n) is 1.02. The third kappa shape index (κ3) is 3.14. The summed E-state index contributed by atoms with van der Waals surface area (Å²) in [6.45, 7) is 1.02. The van der Waals surface area contributed by atoms with Crippen molar-refractivity contribution in [3.05, 3.63) is 28.2 Å². The van der Waals surface area contributed by atoms with Gasteiger partial charge in [0.25, 0.3) is 0 Å². The van der Waals surface area contributed by atoms with E-state index >= 15 is 0 Å². The van der Waals surface area contributed by atoms with Gasteiger partial charge in [-0.1, -0.05) is 0 Å². The molecule has 0 heterocycles. The number of alkyl halides is 3. The van der Waals surface area contributed by atoms with E-state index in [4.69, 9.17) is 5.26 Å². The Morgan fingerprint density at radius 2 is 2.06 bits per heavy atom. The lowest BCUT2D eigenvalue weighted by Gasteiger charge is -2.19. The number of benzene rings is 1. The first kappa shape index (κ1) is 12.8. The minimum absolute atomic E-state index is 0.254.